The molecule has 0 unspecified atom stereocenters. The molecule has 0 saturated carbocycles. The lowest BCUT2D eigenvalue weighted by Gasteiger charge is -2.41. The van der Waals surface area contributed by atoms with Crippen molar-refractivity contribution in [1.29, 1.82) is 0 Å². The molecule has 3 aliphatic rings. The molecule has 5 N–H and O–H groups in total. The van der Waals surface area contributed by atoms with Crippen LogP contribution in [-0.2, 0) is 33.3 Å². The molecule has 3 heterocycles. The van der Waals surface area contributed by atoms with Crippen LogP contribution in [0.3, 0.4) is 0 Å². The van der Waals surface area contributed by atoms with Gasteiger partial charge in [0.25, 0.3) is 0 Å². The first kappa shape index (κ1) is 44.6. The Hall–Kier alpha value is -6.50. The number of methoxy groups -OCH3 is 4. The summed E-state index contributed by atoms with van der Waals surface area (Å²) in [5.74, 6) is -0.831. The van der Waals surface area contributed by atoms with E-state index >= 15 is 0 Å². The van der Waals surface area contributed by atoms with Crippen LogP contribution < -0.4 is 23.7 Å². The molecule has 0 aromatic heterocycles. The molecule has 334 valence electrons. The molecule has 3 fully saturated rings. The van der Waals surface area contributed by atoms with Crippen LogP contribution >= 0.6 is 0 Å². The zero-order valence-electron chi connectivity index (χ0n) is 34.7. The largest absolute Gasteiger partial charge is 0.504 e. The summed E-state index contributed by atoms with van der Waals surface area (Å²) in [6.45, 7) is 0.282. The summed E-state index contributed by atoms with van der Waals surface area (Å²) < 4.78 is 56.9. The number of rotatable bonds is 15. The van der Waals surface area contributed by atoms with Crippen molar-refractivity contribution in [3.63, 3.8) is 0 Å². The number of hydrogen-bond donors (Lipinski definition) is 5. The summed E-state index contributed by atoms with van der Waals surface area (Å²) in [6, 6.07) is 19.1. The molecule has 63 heavy (non-hydrogen) atoms. The number of aliphatic hydroxyl groups is 2. The lowest BCUT2D eigenvalue weighted by Crippen LogP contribution is -2.61. The van der Waals surface area contributed by atoms with E-state index < -0.39 is 49.3 Å². The molecule has 7 rings (SSSR count). The van der Waals surface area contributed by atoms with E-state index in [-0.39, 0.29) is 64.3 Å². The molecular formula is C46H48O17. The smallest absolute Gasteiger partial charge is 0.331 e. The zero-order chi connectivity index (χ0) is 44.8. The number of carbonyl (C=O) groups is 2. The fourth-order valence-electron chi connectivity index (χ4n) is 7.78. The second kappa shape index (κ2) is 19.7. The Bertz CT molecular complexity index is 2330. The first-order valence-electron chi connectivity index (χ1n) is 19.8. The van der Waals surface area contributed by atoms with E-state index in [2.05, 4.69) is 0 Å². The van der Waals surface area contributed by atoms with Crippen LogP contribution in [0.15, 0.2) is 84.9 Å². The Morgan fingerprint density at radius 2 is 1.11 bits per heavy atom. The number of carbonyl (C=O) groups excluding carboxylic acids is 2. The van der Waals surface area contributed by atoms with Gasteiger partial charge >= 0.3 is 11.9 Å². The normalized spacial score (nSPS) is 25.4. The molecule has 17 heteroatoms. The van der Waals surface area contributed by atoms with Gasteiger partial charge < -0.3 is 72.9 Å². The van der Waals surface area contributed by atoms with Crippen molar-refractivity contribution in [2.45, 2.75) is 42.9 Å². The van der Waals surface area contributed by atoms with Gasteiger partial charge in [0.15, 0.2) is 58.2 Å². The van der Waals surface area contributed by atoms with Crippen LogP contribution in [0.5, 0.6) is 46.0 Å². The monoisotopic (exact) mass is 872 g/mol. The van der Waals surface area contributed by atoms with Crippen molar-refractivity contribution >= 4 is 24.1 Å². The second-order valence-corrected chi connectivity index (χ2v) is 14.9. The van der Waals surface area contributed by atoms with Crippen LogP contribution in [0.25, 0.3) is 12.2 Å². The fourth-order valence-corrected chi connectivity index (χ4v) is 7.78. The average molecular weight is 873 g/mol. The molecule has 0 amide bonds. The highest BCUT2D eigenvalue weighted by Gasteiger charge is 2.50. The van der Waals surface area contributed by atoms with Gasteiger partial charge in [0.1, 0.15) is 18.8 Å². The number of esters is 2. The zero-order valence-corrected chi connectivity index (χ0v) is 34.7. The number of hydrogen-bond acceptors (Lipinski definition) is 17. The van der Waals surface area contributed by atoms with Crippen molar-refractivity contribution in [3.05, 3.63) is 107 Å². The van der Waals surface area contributed by atoms with Crippen molar-refractivity contribution in [2.24, 2.45) is 11.8 Å². The number of aromatic hydroxyl groups is 3. The van der Waals surface area contributed by atoms with E-state index in [0.29, 0.717) is 30.1 Å². The minimum Gasteiger partial charge on any atom is -0.504 e. The van der Waals surface area contributed by atoms with Gasteiger partial charge in [0.05, 0.1) is 53.9 Å². The maximum Gasteiger partial charge on any atom is 0.331 e. The minimum absolute atomic E-state index is 0.0136. The maximum absolute atomic E-state index is 13.1. The first-order chi connectivity index (χ1) is 30.4. The highest BCUT2D eigenvalue weighted by Crippen LogP contribution is 2.51. The molecule has 4 aromatic rings. The molecule has 3 aliphatic heterocycles. The number of phenols is 3. The van der Waals surface area contributed by atoms with E-state index in [4.69, 9.17) is 47.4 Å². The third-order valence-electron chi connectivity index (χ3n) is 11.1. The average Bonchev–Trinajstić information content (AvgIpc) is 3.91. The number of fused-ring (bicyclic) bond motifs is 1. The number of phenolic OH excluding ortho intramolecular Hbond substituents is 3. The molecule has 3 saturated heterocycles. The van der Waals surface area contributed by atoms with E-state index in [0.717, 1.165) is 23.3 Å². The van der Waals surface area contributed by atoms with Crippen molar-refractivity contribution in [1.82, 2.24) is 0 Å². The summed E-state index contributed by atoms with van der Waals surface area (Å²) >= 11 is 0. The lowest BCUT2D eigenvalue weighted by atomic mass is 9.85. The predicted molar refractivity (Wildman–Crippen MR) is 222 cm³/mol. The second-order valence-electron chi connectivity index (χ2n) is 14.9. The van der Waals surface area contributed by atoms with E-state index in [1.54, 1.807) is 42.5 Å². The Morgan fingerprint density at radius 3 is 1.67 bits per heavy atom. The van der Waals surface area contributed by atoms with Gasteiger partial charge in [-0.1, -0.05) is 24.3 Å². The quantitative estimate of drug-likeness (QED) is 0.0811. The molecular weight excluding hydrogens is 824 g/mol. The SMILES string of the molecule is COc1cc(/C=C\C(=O)O[C@@H]2[C@@H](O)[C@H](Oc3ccc([C@@H]4OC[C@@H]5[C@H]4CO[C@H]5c4ccc(O)c(OC)c4)cc3OC)O[C@H](COC(=O)/C=C/c3ccc(O)c(OC)c3)[C@H]2O)ccc1O. The Balaban J connectivity index is 1.07. The van der Waals surface area contributed by atoms with Crippen LogP contribution in [0.4, 0.5) is 0 Å². The number of ether oxygens (including phenoxy) is 10. The topological polar surface area (TPSA) is 228 Å². The summed E-state index contributed by atoms with van der Waals surface area (Å²) in [5, 5.41) is 52.8. The standard InChI is InChI=1S/C46H48O17/c1-54-34-17-24(5-11-30(34)47)7-15-39(50)58-23-38-41(52)45(63-40(51)16-8-25-6-12-31(48)35(18-25)55-2)42(53)46(62-38)61-33-14-10-27(20-37(33)57-4)44-29-22-59-43(28(29)21-60-44)26-9-13-32(49)36(19-26)56-3/h5-20,28-29,38,41-49,52-53H,21-23H2,1-4H3/b15-7+,16-8-/t28-,29-,38-,41-,42-,43+,44+,45+,46-/m1/s1. The van der Waals surface area contributed by atoms with Crippen molar-refractivity contribution in [3.8, 4) is 46.0 Å². The summed E-state index contributed by atoms with van der Waals surface area (Å²) in [5.41, 5.74) is 2.63. The van der Waals surface area contributed by atoms with Crippen LogP contribution in [0, 0.1) is 11.8 Å². The molecule has 0 bridgehead atoms. The molecule has 9 atom stereocenters. The van der Waals surface area contributed by atoms with Crippen LogP contribution in [0.1, 0.15) is 34.5 Å². The van der Waals surface area contributed by atoms with Gasteiger partial charge in [-0.05, 0) is 82.9 Å². The van der Waals surface area contributed by atoms with Gasteiger partial charge in [-0.3, -0.25) is 0 Å². The predicted octanol–water partition coefficient (Wildman–Crippen LogP) is 4.62. The molecule has 4 aromatic carbocycles. The van der Waals surface area contributed by atoms with Gasteiger partial charge in [0, 0.05) is 24.0 Å². The van der Waals surface area contributed by atoms with Crippen molar-refractivity contribution < 1.29 is 82.5 Å². The number of aliphatic hydroxyl groups excluding tert-OH is 2. The maximum atomic E-state index is 13.1. The third kappa shape index (κ3) is 9.93. The fraction of sp³-hybridized carbons (Fsp3) is 0.348. The Labute approximate surface area is 362 Å². The van der Waals surface area contributed by atoms with E-state index in [9.17, 15) is 35.1 Å². The van der Waals surface area contributed by atoms with Crippen molar-refractivity contribution in [2.75, 3.05) is 48.3 Å². The molecule has 17 nitrogen and oxygen atoms in total. The molecule has 0 aliphatic carbocycles. The van der Waals surface area contributed by atoms with Gasteiger partial charge in [0.2, 0.25) is 6.29 Å². The van der Waals surface area contributed by atoms with Crippen LogP contribution in [0.2, 0.25) is 0 Å². The van der Waals surface area contributed by atoms with Gasteiger partial charge in [-0.15, -0.1) is 0 Å². The summed E-state index contributed by atoms with van der Waals surface area (Å²) in [6.07, 6.45) is -3.72. The van der Waals surface area contributed by atoms with E-state index in [1.807, 2.05) is 0 Å². The highest BCUT2D eigenvalue weighted by molar-refractivity contribution is 5.88. The molecule has 0 spiro atoms. The highest BCUT2D eigenvalue weighted by atomic mass is 16.7. The summed E-state index contributed by atoms with van der Waals surface area (Å²) in [4.78, 5) is 26.0. The molecule has 0 radical (unpaired) electrons. The van der Waals surface area contributed by atoms with E-state index in [1.165, 1.54) is 70.9 Å². The van der Waals surface area contributed by atoms with Gasteiger partial charge in [-0.2, -0.15) is 0 Å². The lowest BCUT2D eigenvalue weighted by molar-refractivity contribution is -0.281. The third-order valence-corrected chi connectivity index (χ3v) is 11.1. The Morgan fingerprint density at radius 1 is 0.619 bits per heavy atom. The summed E-state index contributed by atoms with van der Waals surface area (Å²) in [7, 11) is 5.68. The number of benzene rings is 4. The van der Waals surface area contributed by atoms with Gasteiger partial charge in [-0.25, -0.2) is 9.59 Å². The van der Waals surface area contributed by atoms with Crippen LogP contribution in [-0.4, -0.2) is 116 Å². The minimum atomic E-state index is -1.77. The first-order valence-corrected chi connectivity index (χ1v) is 19.8. The Kier molecular flexibility index (Phi) is 13.9.